The molecule has 1 aromatic heterocycles. The number of phenolic OH excluding ortho intramolecular Hbond substituents is 1. The first kappa shape index (κ1) is 20.6. The third-order valence-electron chi connectivity index (χ3n) is 5.38. The van der Waals surface area contributed by atoms with Crippen molar-refractivity contribution in [3.8, 4) is 11.5 Å². The van der Waals surface area contributed by atoms with E-state index in [0.717, 1.165) is 31.2 Å². The lowest BCUT2D eigenvalue weighted by Crippen LogP contribution is -2.17. The molecule has 1 heterocycles. The molecule has 3 rings (SSSR count). The van der Waals surface area contributed by atoms with Crippen molar-refractivity contribution < 1.29 is 19.4 Å². The molecule has 7 heteroatoms. The second-order valence-electron chi connectivity index (χ2n) is 7.97. The number of aromatic hydroxyl groups is 1. The maximum absolute atomic E-state index is 12.4. The van der Waals surface area contributed by atoms with Gasteiger partial charge >= 0.3 is 5.63 Å². The quantitative estimate of drug-likeness (QED) is 0.177. The standard InChI is InChI=1S/C22H25NO6/c1-4-5-6-7-10-22(2,3)14-11-18(24)20-17-13-15(29-23(26)27)8-9-16(17)21(25)28-19(20)12-14/h8-9,11-13,24H,4-7,10H2,1-3H3. The summed E-state index contributed by atoms with van der Waals surface area (Å²) in [5, 5.41) is 21.4. The maximum Gasteiger partial charge on any atom is 0.344 e. The van der Waals surface area contributed by atoms with Crippen LogP contribution < -0.4 is 10.5 Å². The summed E-state index contributed by atoms with van der Waals surface area (Å²) in [6, 6.07) is 7.54. The van der Waals surface area contributed by atoms with E-state index in [1.807, 2.05) is 0 Å². The van der Waals surface area contributed by atoms with Crippen LogP contribution in [0.2, 0.25) is 0 Å². The molecule has 0 unspecified atom stereocenters. The topological polar surface area (TPSA) is 103 Å². The zero-order valence-electron chi connectivity index (χ0n) is 16.9. The Bertz CT molecular complexity index is 1120. The zero-order chi connectivity index (χ0) is 21.2. The predicted molar refractivity (Wildman–Crippen MR) is 111 cm³/mol. The van der Waals surface area contributed by atoms with Crippen molar-refractivity contribution in [2.45, 2.75) is 58.3 Å². The van der Waals surface area contributed by atoms with Gasteiger partial charge in [0.15, 0.2) is 0 Å². The van der Waals surface area contributed by atoms with Gasteiger partial charge in [0, 0.05) is 5.39 Å². The third-order valence-corrected chi connectivity index (χ3v) is 5.38. The van der Waals surface area contributed by atoms with Crippen LogP contribution in [0.25, 0.3) is 21.7 Å². The summed E-state index contributed by atoms with van der Waals surface area (Å²) in [6.45, 7) is 6.37. The minimum atomic E-state index is -0.923. The minimum Gasteiger partial charge on any atom is -0.507 e. The first-order valence-corrected chi connectivity index (χ1v) is 9.79. The minimum absolute atomic E-state index is 0.0332. The molecule has 0 aliphatic rings. The molecular formula is C22H25NO6. The van der Waals surface area contributed by atoms with Crippen LogP contribution >= 0.6 is 0 Å². The van der Waals surface area contributed by atoms with E-state index in [9.17, 15) is 20.0 Å². The van der Waals surface area contributed by atoms with Gasteiger partial charge in [-0.15, -0.1) is 10.1 Å². The fourth-order valence-corrected chi connectivity index (χ4v) is 3.69. The molecule has 0 amide bonds. The summed E-state index contributed by atoms with van der Waals surface area (Å²) in [7, 11) is 0. The number of hydrogen-bond donors (Lipinski definition) is 1. The molecule has 0 atom stereocenters. The van der Waals surface area contributed by atoms with Crippen LogP contribution in [0, 0.1) is 10.1 Å². The second kappa shape index (κ2) is 8.11. The first-order valence-electron chi connectivity index (χ1n) is 9.79. The van der Waals surface area contributed by atoms with Gasteiger partial charge in [0.05, 0.1) is 10.8 Å². The Morgan fingerprint density at radius 1 is 1.14 bits per heavy atom. The van der Waals surface area contributed by atoms with E-state index in [-0.39, 0.29) is 27.9 Å². The van der Waals surface area contributed by atoms with E-state index in [0.29, 0.717) is 10.8 Å². The molecule has 154 valence electrons. The van der Waals surface area contributed by atoms with Crippen LogP contribution in [0.1, 0.15) is 58.4 Å². The molecule has 29 heavy (non-hydrogen) atoms. The highest BCUT2D eigenvalue weighted by molar-refractivity contribution is 6.08. The predicted octanol–water partition coefficient (Wildman–Crippen LogP) is 5.47. The molecule has 0 aliphatic heterocycles. The summed E-state index contributed by atoms with van der Waals surface area (Å²) in [5.41, 5.74) is 0.345. The van der Waals surface area contributed by atoms with Crippen molar-refractivity contribution in [1.29, 1.82) is 0 Å². The van der Waals surface area contributed by atoms with Gasteiger partial charge in [0.2, 0.25) is 0 Å². The van der Waals surface area contributed by atoms with Crippen molar-refractivity contribution in [2.24, 2.45) is 0 Å². The molecule has 0 aliphatic carbocycles. The highest BCUT2D eigenvalue weighted by atomic mass is 17.0. The van der Waals surface area contributed by atoms with Crippen molar-refractivity contribution in [3.05, 3.63) is 56.4 Å². The Hall–Kier alpha value is -3.09. The van der Waals surface area contributed by atoms with Crippen LogP contribution in [0.5, 0.6) is 11.5 Å². The summed E-state index contributed by atoms with van der Waals surface area (Å²) in [5.74, 6) is -0.0692. The number of nitrogens with zero attached hydrogens (tertiary/aromatic N) is 1. The molecule has 3 aromatic rings. The lowest BCUT2D eigenvalue weighted by molar-refractivity contribution is -0.711. The number of unbranched alkanes of at least 4 members (excludes halogenated alkanes) is 3. The van der Waals surface area contributed by atoms with Gasteiger partial charge in [-0.05, 0) is 47.7 Å². The average Bonchev–Trinajstić information content (AvgIpc) is 2.64. The van der Waals surface area contributed by atoms with Crippen LogP contribution in [-0.4, -0.2) is 10.2 Å². The number of phenols is 1. The number of fused-ring (bicyclic) bond motifs is 3. The lowest BCUT2D eigenvalue weighted by Gasteiger charge is -2.26. The normalized spacial score (nSPS) is 11.8. The van der Waals surface area contributed by atoms with Gasteiger partial charge < -0.3 is 9.52 Å². The molecule has 7 nitrogen and oxygen atoms in total. The SMILES string of the molecule is CCCCCCC(C)(C)c1cc(O)c2c(c1)oc(=O)c1ccc(O[N+](=O)[O-])cc12. The highest BCUT2D eigenvalue weighted by Gasteiger charge is 2.23. The smallest absolute Gasteiger partial charge is 0.344 e. The van der Waals surface area contributed by atoms with Crippen molar-refractivity contribution in [1.82, 2.24) is 0 Å². The Morgan fingerprint density at radius 2 is 1.90 bits per heavy atom. The van der Waals surface area contributed by atoms with Crippen molar-refractivity contribution in [3.63, 3.8) is 0 Å². The molecule has 0 spiro atoms. The fraction of sp³-hybridized carbons (Fsp3) is 0.409. The molecule has 0 radical (unpaired) electrons. The number of benzene rings is 2. The van der Waals surface area contributed by atoms with Gasteiger partial charge in [-0.25, -0.2) is 4.79 Å². The van der Waals surface area contributed by atoms with E-state index in [2.05, 4.69) is 25.6 Å². The van der Waals surface area contributed by atoms with Crippen LogP contribution in [0.3, 0.4) is 0 Å². The van der Waals surface area contributed by atoms with E-state index < -0.39 is 10.7 Å². The van der Waals surface area contributed by atoms with Crippen LogP contribution in [-0.2, 0) is 5.41 Å². The molecule has 0 saturated heterocycles. The van der Waals surface area contributed by atoms with Crippen molar-refractivity contribution >= 4 is 21.7 Å². The molecule has 0 fully saturated rings. The van der Waals surface area contributed by atoms with E-state index in [1.54, 1.807) is 12.1 Å². The number of rotatable bonds is 8. The Balaban J connectivity index is 2.11. The zero-order valence-corrected chi connectivity index (χ0v) is 16.9. The Labute approximate surface area is 168 Å². The monoisotopic (exact) mass is 399 g/mol. The van der Waals surface area contributed by atoms with Crippen molar-refractivity contribution in [2.75, 3.05) is 0 Å². The van der Waals surface area contributed by atoms with Crippen LogP contribution in [0.15, 0.2) is 39.5 Å². The summed E-state index contributed by atoms with van der Waals surface area (Å²) in [4.78, 5) is 27.6. The van der Waals surface area contributed by atoms with Gasteiger partial charge in [0.25, 0.3) is 5.09 Å². The Kier molecular flexibility index (Phi) is 5.77. The van der Waals surface area contributed by atoms with Gasteiger partial charge in [-0.1, -0.05) is 46.5 Å². The third kappa shape index (κ3) is 4.34. The average molecular weight is 399 g/mol. The molecule has 0 saturated carbocycles. The van der Waals surface area contributed by atoms with E-state index in [1.165, 1.54) is 24.6 Å². The molecule has 1 N–H and O–H groups in total. The lowest BCUT2D eigenvalue weighted by atomic mass is 9.79. The summed E-state index contributed by atoms with van der Waals surface area (Å²) in [6.07, 6.45) is 5.52. The maximum atomic E-state index is 12.4. The first-order chi connectivity index (χ1) is 13.7. The van der Waals surface area contributed by atoms with Crippen LogP contribution in [0.4, 0.5) is 0 Å². The second-order valence-corrected chi connectivity index (χ2v) is 7.97. The van der Waals surface area contributed by atoms with E-state index >= 15 is 0 Å². The fourth-order valence-electron chi connectivity index (χ4n) is 3.69. The summed E-state index contributed by atoms with van der Waals surface area (Å²) < 4.78 is 5.47. The number of hydrogen-bond acceptors (Lipinski definition) is 6. The molecule has 2 aromatic carbocycles. The molecular weight excluding hydrogens is 374 g/mol. The molecule has 0 bridgehead atoms. The Morgan fingerprint density at radius 3 is 2.59 bits per heavy atom. The highest BCUT2D eigenvalue weighted by Crippen LogP contribution is 2.38. The van der Waals surface area contributed by atoms with Gasteiger partial charge in [0.1, 0.15) is 17.1 Å². The van der Waals surface area contributed by atoms with E-state index in [4.69, 9.17) is 4.42 Å². The van der Waals surface area contributed by atoms with Gasteiger partial charge in [-0.2, -0.15) is 0 Å². The van der Waals surface area contributed by atoms with Gasteiger partial charge in [-0.3, -0.25) is 4.84 Å². The summed E-state index contributed by atoms with van der Waals surface area (Å²) >= 11 is 0. The largest absolute Gasteiger partial charge is 0.507 e.